The molecule has 338 valence electrons. The molecule has 2 heteroatoms. The molecule has 2 nitrogen and oxygen atoms in total. The van der Waals surface area contributed by atoms with E-state index in [0.29, 0.717) is 0 Å². The highest BCUT2D eigenvalue weighted by molar-refractivity contribution is 6.09. The molecule has 3 aliphatic carbocycles. The molecule has 0 saturated heterocycles. The highest BCUT2D eigenvalue weighted by Crippen LogP contribution is 2.63. The van der Waals surface area contributed by atoms with Crippen LogP contribution in [0.4, 0.5) is 17.1 Å². The van der Waals surface area contributed by atoms with Crippen LogP contribution in [0.2, 0.25) is 0 Å². The highest BCUT2D eigenvalue weighted by Gasteiger charge is 2.51. The molecule has 15 rings (SSSR count). The SMILES string of the molecule is CC1(C)c2ccccc2-c2ccc(N(c3ccc(-c4cccc5c4oc4ccccc45)cc3)c3cc(-c4ccccc4)ccc3-c3ccc4c(c3)-c3ccccc3C43c4ccccc4-c4ccccc43)cc21. The van der Waals surface area contributed by atoms with Gasteiger partial charge in [0.2, 0.25) is 0 Å². The highest BCUT2D eigenvalue weighted by atomic mass is 16.3. The second-order valence-electron chi connectivity index (χ2n) is 20.3. The van der Waals surface area contributed by atoms with Crippen molar-refractivity contribution in [3.63, 3.8) is 0 Å². The van der Waals surface area contributed by atoms with Crippen LogP contribution in [-0.4, -0.2) is 0 Å². The standard InChI is InChI=1S/C70H47NO/c1-69(2)60-26-11-6-19-52(60)56-39-37-49(43-65(56)69)71(48-35-31-45(32-36-48)51-24-16-25-58-57-23-10-15-30-67(57)72-68(51)58)66-42-46(44-17-4-3-5-18-44)33-38-50(66)47-34-40-64-59(41-47)55-22-9-14-29-63(55)70(64)61-27-12-7-20-53(61)54-21-8-13-28-62(54)70/h3-43H,1-2H3. The summed E-state index contributed by atoms with van der Waals surface area (Å²) < 4.78 is 6.57. The predicted octanol–water partition coefficient (Wildman–Crippen LogP) is 18.7. The van der Waals surface area contributed by atoms with E-state index in [2.05, 4.69) is 261 Å². The first-order chi connectivity index (χ1) is 35.5. The average molecular weight is 918 g/mol. The van der Waals surface area contributed by atoms with Crippen LogP contribution >= 0.6 is 0 Å². The lowest BCUT2D eigenvalue weighted by molar-refractivity contribution is 0.660. The molecule has 72 heavy (non-hydrogen) atoms. The Morgan fingerprint density at radius 2 is 0.819 bits per heavy atom. The molecule has 0 amide bonds. The predicted molar refractivity (Wildman–Crippen MR) is 299 cm³/mol. The Labute approximate surface area is 419 Å². The maximum absolute atomic E-state index is 6.57. The van der Waals surface area contributed by atoms with Crippen molar-refractivity contribution in [2.24, 2.45) is 0 Å². The molecule has 0 fully saturated rings. The van der Waals surface area contributed by atoms with Crippen LogP contribution in [0.3, 0.4) is 0 Å². The van der Waals surface area contributed by atoms with Crippen LogP contribution in [0, 0.1) is 0 Å². The first kappa shape index (κ1) is 40.9. The summed E-state index contributed by atoms with van der Waals surface area (Å²) in [5.74, 6) is 0. The number of anilines is 3. The van der Waals surface area contributed by atoms with Crippen LogP contribution in [0.15, 0.2) is 253 Å². The molecule has 0 atom stereocenters. The molecule has 0 aliphatic heterocycles. The quantitative estimate of drug-likeness (QED) is 0.165. The van der Waals surface area contributed by atoms with E-state index in [1.165, 1.54) is 77.9 Å². The largest absolute Gasteiger partial charge is 0.455 e. The number of nitrogens with zero attached hydrogens (tertiary/aromatic N) is 1. The Bertz CT molecular complexity index is 4150. The van der Waals surface area contributed by atoms with Gasteiger partial charge in [-0.1, -0.05) is 220 Å². The van der Waals surface area contributed by atoms with Crippen LogP contribution < -0.4 is 4.90 Å². The molecule has 0 saturated carbocycles. The van der Waals surface area contributed by atoms with E-state index >= 15 is 0 Å². The number of fused-ring (bicyclic) bond motifs is 16. The molecule has 11 aromatic carbocycles. The number of hydrogen-bond acceptors (Lipinski definition) is 2. The normalized spacial score (nSPS) is 13.9. The molecule has 12 aromatic rings. The van der Waals surface area contributed by atoms with Gasteiger partial charge in [0.05, 0.1) is 11.1 Å². The lowest BCUT2D eigenvalue weighted by Gasteiger charge is -2.31. The average Bonchev–Trinajstić information content (AvgIpc) is 4.13. The minimum Gasteiger partial charge on any atom is -0.455 e. The molecular weight excluding hydrogens is 871 g/mol. The Morgan fingerprint density at radius 3 is 1.54 bits per heavy atom. The third kappa shape index (κ3) is 5.66. The van der Waals surface area contributed by atoms with Crippen molar-refractivity contribution >= 4 is 39.0 Å². The lowest BCUT2D eigenvalue weighted by Crippen LogP contribution is -2.25. The number of benzene rings is 11. The van der Waals surface area contributed by atoms with Crippen molar-refractivity contribution in [1.82, 2.24) is 0 Å². The third-order valence-corrected chi connectivity index (χ3v) is 16.3. The van der Waals surface area contributed by atoms with E-state index in [0.717, 1.165) is 61.3 Å². The van der Waals surface area contributed by atoms with Gasteiger partial charge in [-0.25, -0.2) is 0 Å². The van der Waals surface area contributed by atoms with Crippen molar-refractivity contribution in [1.29, 1.82) is 0 Å². The van der Waals surface area contributed by atoms with Gasteiger partial charge in [0, 0.05) is 38.7 Å². The zero-order valence-corrected chi connectivity index (χ0v) is 40.0. The summed E-state index contributed by atoms with van der Waals surface area (Å²) >= 11 is 0. The Balaban J connectivity index is 0.957. The summed E-state index contributed by atoms with van der Waals surface area (Å²) in [5, 5.41) is 2.26. The zero-order chi connectivity index (χ0) is 47.7. The van der Waals surface area contributed by atoms with E-state index in [4.69, 9.17) is 4.42 Å². The fourth-order valence-corrected chi connectivity index (χ4v) is 13.1. The second kappa shape index (κ2) is 15.3. The van der Waals surface area contributed by atoms with E-state index < -0.39 is 5.41 Å². The van der Waals surface area contributed by atoms with Crippen LogP contribution in [0.25, 0.3) is 88.7 Å². The van der Waals surface area contributed by atoms with Gasteiger partial charge in [-0.15, -0.1) is 0 Å². The maximum Gasteiger partial charge on any atom is 0.143 e. The maximum atomic E-state index is 6.57. The number of hydrogen-bond donors (Lipinski definition) is 0. The van der Waals surface area contributed by atoms with Crippen LogP contribution in [0.1, 0.15) is 47.2 Å². The van der Waals surface area contributed by atoms with E-state index in [1.54, 1.807) is 0 Å². The lowest BCUT2D eigenvalue weighted by atomic mass is 9.70. The molecule has 0 N–H and O–H groups in total. The van der Waals surface area contributed by atoms with Gasteiger partial charge >= 0.3 is 0 Å². The van der Waals surface area contributed by atoms with Crippen molar-refractivity contribution in [3.8, 4) is 66.8 Å². The first-order valence-corrected chi connectivity index (χ1v) is 25.2. The molecule has 0 bridgehead atoms. The fraction of sp³-hybridized carbons (Fsp3) is 0.0571. The number of rotatable bonds is 6. The molecule has 3 aliphatic rings. The van der Waals surface area contributed by atoms with Crippen LogP contribution in [0.5, 0.6) is 0 Å². The summed E-state index contributed by atoms with van der Waals surface area (Å²) in [4.78, 5) is 2.50. The molecule has 1 spiro atoms. The summed E-state index contributed by atoms with van der Waals surface area (Å²) in [6.07, 6.45) is 0. The molecule has 1 heterocycles. The van der Waals surface area contributed by atoms with Crippen molar-refractivity contribution in [2.45, 2.75) is 24.7 Å². The number of furan rings is 1. The summed E-state index contributed by atoms with van der Waals surface area (Å²) in [6, 6.07) is 92.4. The van der Waals surface area contributed by atoms with Gasteiger partial charge in [-0.3, -0.25) is 0 Å². The van der Waals surface area contributed by atoms with Gasteiger partial charge in [0.1, 0.15) is 11.2 Å². The molecular formula is C70H47NO. The van der Waals surface area contributed by atoms with Crippen LogP contribution in [-0.2, 0) is 10.8 Å². The Morgan fingerprint density at radius 1 is 0.306 bits per heavy atom. The van der Waals surface area contributed by atoms with Gasteiger partial charge in [-0.05, 0) is 131 Å². The summed E-state index contributed by atoms with van der Waals surface area (Å²) in [7, 11) is 0. The summed E-state index contributed by atoms with van der Waals surface area (Å²) in [6.45, 7) is 4.74. The van der Waals surface area contributed by atoms with E-state index in [1.807, 2.05) is 6.07 Å². The molecule has 1 aromatic heterocycles. The van der Waals surface area contributed by atoms with Crippen molar-refractivity contribution < 1.29 is 4.42 Å². The van der Waals surface area contributed by atoms with E-state index in [-0.39, 0.29) is 5.41 Å². The van der Waals surface area contributed by atoms with Gasteiger partial charge in [-0.2, -0.15) is 0 Å². The zero-order valence-electron chi connectivity index (χ0n) is 40.0. The van der Waals surface area contributed by atoms with Crippen molar-refractivity contribution in [2.75, 3.05) is 4.90 Å². The van der Waals surface area contributed by atoms with Gasteiger partial charge in [0.15, 0.2) is 0 Å². The summed E-state index contributed by atoms with van der Waals surface area (Å²) in [5.41, 5.74) is 27.2. The monoisotopic (exact) mass is 917 g/mol. The topological polar surface area (TPSA) is 16.4 Å². The Kier molecular flexibility index (Phi) is 8.66. The smallest absolute Gasteiger partial charge is 0.143 e. The Hall–Kier alpha value is -8.98. The second-order valence-corrected chi connectivity index (χ2v) is 20.3. The number of para-hydroxylation sites is 2. The third-order valence-electron chi connectivity index (χ3n) is 16.3. The van der Waals surface area contributed by atoms with Gasteiger partial charge in [0.25, 0.3) is 0 Å². The minimum atomic E-state index is -0.410. The fourth-order valence-electron chi connectivity index (χ4n) is 13.1. The first-order valence-electron chi connectivity index (χ1n) is 25.2. The molecule has 0 unspecified atom stereocenters. The van der Waals surface area contributed by atoms with Crippen molar-refractivity contribution in [3.05, 3.63) is 282 Å². The molecule has 0 radical (unpaired) electrons. The minimum absolute atomic E-state index is 0.182. The van der Waals surface area contributed by atoms with Gasteiger partial charge < -0.3 is 9.32 Å². The van der Waals surface area contributed by atoms with E-state index in [9.17, 15) is 0 Å².